The molecule has 1 fully saturated rings. The van der Waals surface area contributed by atoms with Crippen LogP contribution in [0.15, 0.2) is 23.1 Å². The van der Waals surface area contributed by atoms with Crippen LogP contribution in [0, 0.1) is 0 Å². The second kappa shape index (κ2) is 13.5. The van der Waals surface area contributed by atoms with Crippen LogP contribution >= 0.6 is 24.0 Å². The molecule has 0 radical (unpaired) electrons. The van der Waals surface area contributed by atoms with Crippen LogP contribution in [-0.4, -0.2) is 45.5 Å². The van der Waals surface area contributed by atoms with Crippen LogP contribution in [-0.2, 0) is 9.59 Å². The van der Waals surface area contributed by atoms with Crippen molar-refractivity contribution in [3.63, 3.8) is 0 Å². The van der Waals surface area contributed by atoms with Crippen molar-refractivity contribution in [3.8, 4) is 11.5 Å². The number of rotatable bonds is 14. The zero-order valence-electron chi connectivity index (χ0n) is 19.1. The molecular weight excluding hydrogens is 446 g/mol. The van der Waals surface area contributed by atoms with E-state index in [-0.39, 0.29) is 25.0 Å². The molecule has 0 aliphatic carbocycles. The van der Waals surface area contributed by atoms with E-state index in [1.807, 2.05) is 25.1 Å². The van der Waals surface area contributed by atoms with Crippen molar-refractivity contribution in [2.75, 3.05) is 13.2 Å². The van der Waals surface area contributed by atoms with Gasteiger partial charge in [-0.05, 0) is 50.5 Å². The first-order valence-electron chi connectivity index (χ1n) is 11.3. The van der Waals surface area contributed by atoms with Crippen LogP contribution in [0.3, 0.4) is 0 Å². The lowest BCUT2D eigenvalue weighted by Crippen LogP contribution is -2.30. The maximum atomic E-state index is 12.6. The van der Waals surface area contributed by atoms with Crippen molar-refractivity contribution < 1.29 is 24.2 Å². The molecule has 1 saturated heterocycles. The van der Waals surface area contributed by atoms with Crippen LogP contribution < -0.4 is 9.47 Å². The van der Waals surface area contributed by atoms with Crippen LogP contribution in [0.4, 0.5) is 0 Å². The number of benzene rings is 1. The summed E-state index contributed by atoms with van der Waals surface area (Å²) < 4.78 is 12.3. The third-order valence-electron chi connectivity index (χ3n) is 5.03. The lowest BCUT2D eigenvalue weighted by Gasteiger charge is -2.18. The highest BCUT2D eigenvalue weighted by molar-refractivity contribution is 8.26. The van der Waals surface area contributed by atoms with Crippen LogP contribution in [0.25, 0.3) is 6.08 Å². The topological polar surface area (TPSA) is 76.1 Å². The van der Waals surface area contributed by atoms with Gasteiger partial charge in [-0.25, -0.2) is 0 Å². The number of amides is 1. The molecule has 1 amide bonds. The fourth-order valence-corrected chi connectivity index (χ4v) is 4.65. The Balaban J connectivity index is 2.06. The molecular formula is C24H33NO5S2. The second-order valence-electron chi connectivity index (χ2n) is 7.75. The van der Waals surface area contributed by atoms with Gasteiger partial charge in [0.05, 0.1) is 24.0 Å². The van der Waals surface area contributed by atoms with Gasteiger partial charge in [0, 0.05) is 6.54 Å². The molecule has 0 spiro atoms. The first-order chi connectivity index (χ1) is 15.3. The minimum absolute atomic E-state index is 0.0741. The predicted octanol–water partition coefficient (Wildman–Crippen LogP) is 5.89. The van der Waals surface area contributed by atoms with Gasteiger partial charge in [0.25, 0.3) is 5.91 Å². The van der Waals surface area contributed by atoms with Gasteiger partial charge < -0.3 is 14.6 Å². The molecule has 176 valence electrons. The Kier molecular flexibility index (Phi) is 11.0. The number of hydrogen-bond donors (Lipinski definition) is 1. The fraction of sp³-hybridized carbons (Fsp3) is 0.542. The smallest absolute Gasteiger partial charge is 0.305 e. The van der Waals surface area contributed by atoms with Crippen molar-refractivity contribution in [2.24, 2.45) is 0 Å². The summed E-state index contributed by atoms with van der Waals surface area (Å²) in [6.45, 7) is 6.78. The van der Waals surface area contributed by atoms with Crippen molar-refractivity contribution >= 4 is 46.3 Å². The largest absolute Gasteiger partial charge is 0.490 e. The number of nitrogens with zero attached hydrogens (tertiary/aromatic N) is 1. The van der Waals surface area contributed by atoms with Gasteiger partial charge >= 0.3 is 5.97 Å². The summed E-state index contributed by atoms with van der Waals surface area (Å²) in [4.78, 5) is 25.2. The molecule has 0 bridgehead atoms. The second-order valence-corrected chi connectivity index (χ2v) is 9.42. The number of unbranched alkanes of at least 4 members (excludes halogenated alkanes) is 4. The van der Waals surface area contributed by atoms with E-state index < -0.39 is 5.97 Å². The molecule has 1 aliphatic heterocycles. The van der Waals surface area contributed by atoms with E-state index in [4.69, 9.17) is 26.8 Å². The number of carboxylic acids is 1. The summed E-state index contributed by atoms with van der Waals surface area (Å²) in [6.07, 6.45) is 8.86. The van der Waals surface area contributed by atoms with E-state index in [0.29, 0.717) is 27.3 Å². The molecule has 1 unspecified atom stereocenters. The van der Waals surface area contributed by atoms with Crippen molar-refractivity contribution in [2.45, 2.75) is 71.8 Å². The Labute approximate surface area is 200 Å². The Bertz CT molecular complexity index is 840. The number of thiocarbonyl (C=S) groups is 1. The van der Waals surface area contributed by atoms with Gasteiger partial charge in [-0.3, -0.25) is 14.5 Å². The maximum absolute atomic E-state index is 12.6. The third-order valence-corrected chi connectivity index (χ3v) is 6.41. The van der Waals surface area contributed by atoms with Crippen molar-refractivity contribution in [3.05, 3.63) is 28.7 Å². The van der Waals surface area contributed by atoms with Gasteiger partial charge in [-0.15, -0.1) is 0 Å². The minimum atomic E-state index is -0.963. The Hall–Kier alpha value is -2.06. The molecule has 1 aliphatic rings. The molecule has 1 atom stereocenters. The number of carbonyl (C=O) groups is 2. The standard InChI is InChI=1S/C24H33NO5S2/c1-4-6-7-8-9-10-17(3)30-19-12-11-18(15-20(19)29-5-2)16-21-23(28)25(24(31)32-21)14-13-22(26)27/h11-12,15-17H,4-10,13-14H2,1-3H3,(H,26,27)/b21-16+. The number of aliphatic carboxylic acids is 1. The van der Waals surface area contributed by atoms with E-state index in [1.54, 1.807) is 6.08 Å². The SMILES string of the molecule is CCCCCCCC(C)Oc1ccc(/C=C2/SC(=S)N(CCC(=O)O)C2=O)cc1OCC. The lowest BCUT2D eigenvalue weighted by molar-refractivity contribution is -0.137. The van der Waals surface area contributed by atoms with E-state index >= 15 is 0 Å². The molecule has 1 aromatic rings. The molecule has 2 rings (SSSR count). The van der Waals surface area contributed by atoms with Crippen molar-refractivity contribution in [1.29, 1.82) is 0 Å². The molecule has 0 aromatic heterocycles. The summed E-state index contributed by atoms with van der Waals surface area (Å²) in [5.41, 5.74) is 0.798. The van der Waals surface area contributed by atoms with Crippen LogP contribution in [0.5, 0.6) is 11.5 Å². The van der Waals surface area contributed by atoms with Gasteiger partial charge in [-0.1, -0.05) is 62.7 Å². The van der Waals surface area contributed by atoms with Gasteiger partial charge in [-0.2, -0.15) is 0 Å². The van der Waals surface area contributed by atoms with E-state index in [2.05, 4.69) is 13.8 Å². The Morgan fingerprint density at radius 2 is 1.97 bits per heavy atom. The molecule has 0 saturated carbocycles. The van der Waals surface area contributed by atoms with Crippen LogP contribution in [0.2, 0.25) is 0 Å². The summed E-state index contributed by atoms with van der Waals surface area (Å²) >= 11 is 6.43. The highest BCUT2D eigenvalue weighted by atomic mass is 32.2. The average Bonchev–Trinajstić information content (AvgIpc) is 3.00. The molecule has 1 N–H and O–H groups in total. The summed E-state index contributed by atoms with van der Waals surface area (Å²) in [5, 5.41) is 8.87. The van der Waals surface area contributed by atoms with Gasteiger partial charge in [0.15, 0.2) is 11.5 Å². The van der Waals surface area contributed by atoms with Crippen molar-refractivity contribution in [1.82, 2.24) is 4.90 Å². The monoisotopic (exact) mass is 479 g/mol. The first-order valence-corrected chi connectivity index (χ1v) is 12.5. The Morgan fingerprint density at radius 1 is 1.22 bits per heavy atom. The van der Waals surface area contributed by atoms with E-state index in [0.717, 1.165) is 18.4 Å². The summed E-state index contributed by atoms with van der Waals surface area (Å²) in [5.74, 6) is 0.103. The summed E-state index contributed by atoms with van der Waals surface area (Å²) in [6, 6.07) is 5.61. The first kappa shape index (κ1) is 26.2. The number of thioether (sulfide) groups is 1. The number of ether oxygens (including phenoxy) is 2. The zero-order chi connectivity index (χ0) is 23.5. The number of carbonyl (C=O) groups excluding carboxylic acids is 1. The van der Waals surface area contributed by atoms with Gasteiger partial charge in [0.2, 0.25) is 0 Å². The fourth-order valence-electron chi connectivity index (χ4n) is 3.34. The molecule has 1 heterocycles. The molecule has 8 heteroatoms. The van der Waals surface area contributed by atoms with E-state index in [1.165, 1.54) is 42.3 Å². The third kappa shape index (κ3) is 8.13. The highest BCUT2D eigenvalue weighted by Gasteiger charge is 2.32. The average molecular weight is 480 g/mol. The maximum Gasteiger partial charge on any atom is 0.305 e. The van der Waals surface area contributed by atoms with Gasteiger partial charge in [0.1, 0.15) is 4.32 Å². The number of carboxylic acid groups (broad SMARTS) is 1. The number of hydrogen-bond acceptors (Lipinski definition) is 6. The molecule has 1 aromatic carbocycles. The normalized spacial score (nSPS) is 16.0. The highest BCUT2D eigenvalue weighted by Crippen LogP contribution is 2.35. The van der Waals surface area contributed by atoms with E-state index in [9.17, 15) is 9.59 Å². The summed E-state index contributed by atoms with van der Waals surface area (Å²) in [7, 11) is 0. The van der Waals surface area contributed by atoms with Crippen LogP contribution in [0.1, 0.15) is 71.3 Å². The Morgan fingerprint density at radius 3 is 2.66 bits per heavy atom. The quantitative estimate of drug-likeness (QED) is 0.203. The lowest BCUT2D eigenvalue weighted by atomic mass is 10.1. The predicted molar refractivity (Wildman–Crippen MR) is 133 cm³/mol. The zero-order valence-corrected chi connectivity index (χ0v) is 20.7. The molecule has 32 heavy (non-hydrogen) atoms. The minimum Gasteiger partial charge on any atom is -0.490 e. The molecule has 6 nitrogen and oxygen atoms in total.